The van der Waals surface area contributed by atoms with Crippen LogP contribution in [0.4, 0.5) is 0 Å². The Bertz CT molecular complexity index is 879. The summed E-state index contributed by atoms with van der Waals surface area (Å²) in [5.74, 6) is 0.814. The molecule has 208 valence electrons. The summed E-state index contributed by atoms with van der Waals surface area (Å²) < 4.78 is 0. The molecule has 0 saturated heterocycles. The Hall–Kier alpha value is -2.14. The van der Waals surface area contributed by atoms with Crippen molar-refractivity contribution in [1.29, 1.82) is 0 Å². The lowest BCUT2D eigenvalue weighted by molar-refractivity contribution is -0.117. The van der Waals surface area contributed by atoms with Crippen molar-refractivity contribution in [2.75, 3.05) is 6.26 Å². The first-order valence-corrected chi connectivity index (χ1v) is 15.0. The van der Waals surface area contributed by atoms with Crippen LogP contribution in [0.5, 0.6) is 0 Å². The molecule has 0 rings (SSSR count). The van der Waals surface area contributed by atoms with Crippen LogP contribution >= 0.6 is 11.8 Å². The molecule has 4 nitrogen and oxygen atoms in total. The van der Waals surface area contributed by atoms with Crippen molar-refractivity contribution in [3.63, 3.8) is 0 Å². The number of nitrogens with one attached hydrogen (secondary N) is 1. The number of hydrogen-bond donors (Lipinski definition) is 1. The molecule has 0 aliphatic heterocycles. The van der Waals surface area contributed by atoms with E-state index in [9.17, 15) is 9.70 Å². The molecule has 37 heavy (non-hydrogen) atoms. The molecule has 0 radical (unpaired) electrons. The minimum atomic E-state index is -0.572. The van der Waals surface area contributed by atoms with E-state index in [0.717, 1.165) is 42.5 Å². The fraction of sp³-hybridized carbons (Fsp3) is 0.594. The zero-order chi connectivity index (χ0) is 28.4. The van der Waals surface area contributed by atoms with E-state index in [2.05, 4.69) is 115 Å². The second-order valence-corrected chi connectivity index (χ2v) is 11.4. The van der Waals surface area contributed by atoms with Gasteiger partial charge in [0.15, 0.2) is 0 Å². The van der Waals surface area contributed by atoms with Gasteiger partial charge < -0.3 is 5.32 Å². The summed E-state index contributed by atoms with van der Waals surface area (Å²) in [5.41, 5.74) is 5.74. The van der Waals surface area contributed by atoms with Crippen LogP contribution in [-0.2, 0) is 4.79 Å². The zero-order valence-electron chi connectivity index (χ0n) is 24.9. The molecule has 0 heterocycles. The van der Waals surface area contributed by atoms with E-state index in [0.29, 0.717) is 29.5 Å². The third-order valence-electron chi connectivity index (χ3n) is 6.71. The Morgan fingerprint density at radius 1 is 1.03 bits per heavy atom. The molecule has 1 amide bonds. The van der Waals surface area contributed by atoms with Gasteiger partial charge in [-0.25, -0.2) is 0 Å². The molecule has 0 spiro atoms. The van der Waals surface area contributed by atoms with Crippen molar-refractivity contribution in [2.45, 2.75) is 99.3 Å². The van der Waals surface area contributed by atoms with Crippen LogP contribution in [0.2, 0.25) is 0 Å². The molecule has 0 aliphatic carbocycles. The van der Waals surface area contributed by atoms with E-state index in [4.69, 9.17) is 0 Å². The van der Waals surface area contributed by atoms with Gasteiger partial charge in [-0.15, -0.1) is 16.7 Å². The fourth-order valence-corrected chi connectivity index (χ4v) is 4.80. The maximum absolute atomic E-state index is 11.4. The van der Waals surface area contributed by atoms with E-state index in [1.165, 1.54) is 11.1 Å². The van der Waals surface area contributed by atoms with Crippen LogP contribution in [0.3, 0.4) is 0 Å². The minimum Gasteiger partial charge on any atom is -0.377 e. The molecular weight excluding hydrogens is 476 g/mol. The number of nitrogens with zero attached hydrogens (tertiary/aromatic N) is 1. The number of thioether (sulfide) groups is 1. The second-order valence-electron chi connectivity index (χ2n) is 10.3. The van der Waals surface area contributed by atoms with Crippen LogP contribution in [0, 0.1) is 22.7 Å². The molecule has 0 saturated carbocycles. The monoisotopic (exact) mass is 528 g/mol. The average Bonchev–Trinajstić information content (AvgIpc) is 2.85. The van der Waals surface area contributed by atoms with E-state index >= 15 is 0 Å². The highest BCUT2D eigenvalue weighted by Gasteiger charge is 2.21. The zero-order valence-corrected chi connectivity index (χ0v) is 25.7. The fourth-order valence-electron chi connectivity index (χ4n) is 4.50. The first-order valence-electron chi connectivity index (χ1n) is 13.7. The number of rotatable bonds is 18. The van der Waals surface area contributed by atoms with E-state index in [1.54, 1.807) is 11.8 Å². The normalized spacial score (nSPS) is 16.9. The summed E-state index contributed by atoms with van der Waals surface area (Å²) in [6.45, 7) is 21.7. The topological polar surface area (TPSA) is 58.5 Å². The highest BCUT2D eigenvalue weighted by molar-refractivity contribution is 7.99. The Morgan fingerprint density at radius 3 is 2.27 bits per heavy atom. The van der Waals surface area contributed by atoms with Crippen molar-refractivity contribution in [2.24, 2.45) is 22.9 Å². The minimum absolute atomic E-state index is 0.189. The maximum atomic E-state index is 11.4. The molecule has 0 bridgehead atoms. The average molecular weight is 529 g/mol. The van der Waals surface area contributed by atoms with Gasteiger partial charge in [0.05, 0.1) is 5.37 Å². The largest absolute Gasteiger partial charge is 0.377 e. The maximum Gasteiger partial charge on any atom is 0.286 e. The molecule has 4 unspecified atom stereocenters. The Morgan fingerprint density at radius 2 is 1.70 bits per heavy atom. The van der Waals surface area contributed by atoms with Crippen LogP contribution in [0.1, 0.15) is 93.9 Å². The van der Waals surface area contributed by atoms with Crippen LogP contribution < -0.4 is 5.32 Å². The molecule has 0 fully saturated rings. The van der Waals surface area contributed by atoms with Crippen molar-refractivity contribution in [3.05, 3.63) is 75.9 Å². The lowest BCUT2D eigenvalue weighted by Crippen LogP contribution is -2.20. The summed E-state index contributed by atoms with van der Waals surface area (Å²) in [4.78, 5) is 21.8. The third-order valence-corrected chi connectivity index (χ3v) is 7.53. The predicted molar refractivity (Wildman–Crippen MR) is 165 cm³/mol. The highest BCUT2D eigenvalue weighted by Crippen LogP contribution is 2.31. The predicted octanol–water partition coefficient (Wildman–Crippen LogP) is 9.68. The van der Waals surface area contributed by atoms with E-state index in [-0.39, 0.29) is 6.42 Å². The van der Waals surface area contributed by atoms with Gasteiger partial charge in [-0.1, -0.05) is 83.1 Å². The lowest BCUT2D eigenvalue weighted by Gasteiger charge is -2.27. The first kappa shape index (κ1) is 34.9. The van der Waals surface area contributed by atoms with Gasteiger partial charge in [-0.2, -0.15) is 0 Å². The van der Waals surface area contributed by atoms with Gasteiger partial charge in [-0.3, -0.25) is 4.79 Å². The summed E-state index contributed by atoms with van der Waals surface area (Å²) in [6.07, 6.45) is 20.5. The standard InChI is InChI=1S/C32H52N2O2S/c1-11-13-25(5)30(18-15-23(3)21-28(8)33-29(9)37-10)19-17-27(7)31(26(6)14-12-2)22-24(4)16-20-32(35)34-36/h13,15,18-19,21-22,26-27,29,31,33H,3,11-12,14,16-17,20H2,1-2,4-10H3/b18-15?,24-22+,25-13-,28-21+,30-19-. The number of nitroso groups, excluding NO2 is 1. The molecular formula is C32H52N2O2S. The van der Waals surface area contributed by atoms with E-state index < -0.39 is 5.91 Å². The van der Waals surface area contributed by atoms with Gasteiger partial charge in [-0.05, 0) is 93.8 Å². The summed E-state index contributed by atoms with van der Waals surface area (Å²) >= 11 is 1.78. The lowest BCUT2D eigenvalue weighted by atomic mass is 9.78. The molecule has 0 aliphatic rings. The summed E-state index contributed by atoms with van der Waals surface area (Å²) in [7, 11) is 0. The number of amides is 1. The van der Waals surface area contributed by atoms with Crippen LogP contribution in [-0.4, -0.2) is 17.5 Å². The number of carbonyl (C=O) groups is 1. The van der Waals surface area contributed by atoms with Gasteiger partial charge in [0.25, 0.3) is 5.91 Å². The van der Waals surface area contributed by atoms with E-state index in [1.807, 2.05) is 0 Å². The Labute approximate surface area is 231 Å². The van der Waals surface area contributed by atoms with Crippen molar-refractivity contribution < 1.29 is 4.79 Å². The first-order chi connectivity index (χ1) is 17.5. The number of hydrogen-bond acceptors (Lipinski definition) is 4. The van der Waals surface area contributed by atoms with Gasteiger partial charge >= 0.3 is 0 Å². The van der Waals surface area contributed by atoms with Crippen LogP contribution in [0.15, 0.2) is 76.2 Å². The molecule has 0 aromatic carbocycles. The highest BCUT2D eigenvalue weighted by atomic mass is 32.2. The summed E-state index contributed by atoms with van der Waals surface area (Å²) in [6, 6.07) is 0. The smallest absolute Gasteiger partial charge is 0.286 e. The van der Waals surface area contributed by atoms with Gasteiger partial charge in [0, 0.05) is 17.3 Å². The van der Waals surface area contributed by atoms with Gasteiger partial charge in [0.2, 0.25) is 0 Å². The van der Waals surface area contributed by atoms with Gasteiger partial charge in [0.1, 0.15) is 0 Å². The Kier molecular flexibility index (Phi) is 18.8. The Balaban J connectivity index is 5.79. The SMILES string of the molecule is C=C(C=CC(=C/CC(C)C(/C=C(\C)CCC(=O)N=O)C(C)CCC)/C(C)=C\CC)/C=C(\C)NC(C)SC. The van der Waals surface area contributed by atoms with Crippen LogP contribution in [0.25, 0.3) is 0 Å². The third kappa shape index (κ3) is 15.7. The molecule has 1 N–H and O–H groups in total. The number of allylic oxidation sites excluding steroid dienone is 11. The molecule has 5 heteroatoms. The van der Waals surface area contributed by atoms with Crippen molar-refractivity contribution in [1.82, 2.24) is 5.32 Å². The molecule has 0 aromatic rings. The van der Waals surface area contributed by atoms with Crippen molar-refractivity contribution in [3.8, 4) is 0 Å². The second kappa shape index (κ2) is 19.9. The molecule has 0 aromatic heterocycles. The molecule has 4 atom stereocenters. The quantitative estimate of drug-likeness (QED) is 0.0832. The number of carbonyl (C=O) groups excluding carboxylic acids is 1. The summed E-state index contributed by atoms with van der Waals surface area (Å²) in [5, 5.41) is 6.35. The van der Waals surface area contributed by atoms with Crippen molar-refractivity contribution >= 4 is 17.7 Å².